The fourth-order valence-corrected chi connectivity index (χ4v) is 9.26. The van der Waals surface area contributed by atoms with E-state index >= 15 is 0 Å². The highest BCUT2D eigenvalue weighted by Crippen LogP contribution is 2.45. The van der Waals surface area contributed by atoms with Gasteiger partial charge in [0.25, 0.3) is 0 Å². The minimum atomic E-state index is 0.875. The van der Waals surface area contributed by atoms with Crippen molar-refractivity contribution in [3.63, 3.8) is 0 Å². The average Bonchev–Trinajstić information content (AvgIpc) is 3.94. The maximum atomic E-state index is 6.90. The molecule has 12 aromatic rings. The van der Waals surface area contributed by atoms with Gasteiger partial charge >= 0.3 is 0 Å². The molecule has 57 heavy (non-hydrogen) atoms. The van der Waals surface area contributed by atoms with E-state index in [1.54, 1.807) is 0 Å². The molecule has 0 atom stereocenters. The monoisotopic (exact) mass is 726 g/mol. The molecule has 0 saturated heterocycles. The summed E-state index contributed by atoms with van der Waals surface area (Å²) in [6, 6.07) is 74.3. The summed E-state index contributed by atoms with van der Waals surface area (Å²) in [6.45, 7) is 0. The van der Waals surface area contributed by atoms with Crippen LogP contribution >= 0.6 is 0 Å². The second kappa shape index (κ2) is 12.5. The molecule has 266 valence electrons. The Hall–Kier alpha value is -7.62. The lowest BCUT2D eigenvalue weighted by molar-refractivity contribution is 0.670. The molecule has 0 aliphatic heterocycles. The molecule has 3 heterocycles. The summed E-state index contributed by atoms with van der Waals surface area (Å²) in [5.74, 6) is 0. The maximum Gasteiger partial charge on any atom is 0.143 e. The van der Waals surface area contributed by atoms with E-state index in [0.717, 1.165) is 50.0 Å². The van der Waals surface area contributed by atoms with Gasteiger partial charge in [0.1, 0.15) is 11.2 Å². The maximum absolute atomic E-state index is 6.90. The second-order valence-corrected chi connectivity index (χ2v) is 14.8. The first-order valence-electron chi connectivity index (χ1n) is 19.5. The van der Waals surface area contributed by atoms with Crippen LogP contribution in [-0.4, -0.2) is 9.13 Å². The summed E-state index contributed by atoms with van der Waals surface area (Å²) >= 11 is 0. The van der Waals surface area contributed by atoms with Gasteiger partial charge in [0.2, 0.25) is 0 Å². The molecule has 0 amide bonds. The summed E-state index contributed by atoms with van der Waals surface area (Å²) in [5.41, 5.74) is 15.7. The molecular formula is C54H34N2O. The third kappa shape index (κ3) is 4.79. The molecule has 3 nitrogen and oxygen atoms in total. The molecule has 0 unspecified atom stereocenters. The number of hydrogen-bond donors (Lipinski definition) is 0. The molecule has 0 fully saturated rings. The number of para-hydroxylation sites is 5. The van der Waals surface area contributed by atoms with Crippen molar-refractivity contribution < 1.29 is 4.42 Å². The molecule has 0 saturated carbocycles. The number of furan rings is 1. The number of nitrogens with zero attached hydrogens (tertiary/aromatic N) is 2. The molecule has 3 heteroatoms. The summed E-state index contributed by atoms with van der Waals surface area (Å²) in [6.07, 6.45) is 0. The Morgan fingerprint density at radius 1 is 0.298 bits per heavy atom. The highest BCUT2D eigenvalue weighted by molar-refractivity contribution is 6.17. The minimum absolute atomic E-state index is 0.875. The topological polar surface area (TPSA) is 23.0 Å². The van der Waals surface area contributed by atoms with Crippen molar-refractivity contribution in [1.29, 1.82) is 0 Å². The fourth-order valence-electron chi connectivity index (χ4n) is 9.26. The van der Waals surface area contributed by atoms with Gasteiger partial charge in [-0.1, -0.05) is 152 Å². The summed E-state index contributed by atoms with van der Waals surface area (Å²) in [5, 5.41) is 7.21. The van der Waals surface area contributed by atoms with Crippen molar-refractivity contribution in [2.75, 3.05) is 0 Å². The Labute approximate surface area is 328 Å². The van der Waals surface area contributed by atoms with Crippen LogP contribution in [0.3, 0.4) is 0 Å². The van der Waals surface area contributed by atoms with Crippen molar-refractivity contribution in [2.24, 2.45) is 0 Å². The van der Waals surface area contributed by atoms with E-state index in [-0.39, 0.29) is 0 Å². The summed E-state index contributed by atoms with van der Waals surface area (Å²) in [7, 11) is 0. The highest BCUT2D eigenvalue weighted by atomic mass is 16.3. The summed E-state index contributed by atoms with van der Waals surface area (Å²) in [4.78, 5) is 0. The smallest absolute Gasteiger partial charge is 0.143 e. The van der Waals surface area contributed by atoms with Crippen LogP contribution < -0.4 is 0 Å². The number of rotatable bonds is 5. The lowest BCUT2D eigenvalue weighted by Crippen LogP contribution is -1.96. The van der Waals surface area contributed by atoms with Gasteiger partial charge in [0.05, 0.1) is 22.1 Å². The van der Waals surface area contributed by atoms with E-state index in [2.05, 4.69) is 215 Å². The average molecular weight is 727 g/mol. The first kappa shape index (κ1) is 31.7. The predicted molar refractivity (Wildman–Crippen MR) is 239 cm³/mol. The number of benzene rings is 9. The van der Waals surface area contributed by atoms with Crippen molar-refractivity contribution in [1.82, 2.24) is 9.13 Å². The van der Waals surface area contributed by atoms with Crippen molar-refractivity contribution in [2.45, 2.75) is 0 Å². The largest absolute Gasteiger partial charge is 0.455 e. The zero-order chi connectivity index (χ0) is 37.5. The molecule has 12 rings (SSSR count). The van der Waals surface area contributed by atoms with Gasteiger partial charge in [-0.05, 0) is 82.4 Å². The molecular weight excluding hydrogens is 693 g/mol. The molecule has 0 aliphatic rings. The number of aromatic nitrogens is 2. The van der Waals surface area contributed by atoms with E-state index < -0.39 is 0 Å². The van der Waals surface area contributed by atoms with Gasteiger partial charge in [-0.3, -0.25) is 0 Å². The van der Waals surface area contributed by atoms with Crippen molar-refractivity contribution in [3.05, 3.63) is 206 Å². The van der Waals surface area contributed by atoms with E-state index in [1.807, 2.05) is 0 Å². The minimum Gasteiger partial charge on any atom is -0.455 e. The first-order chi connectivity index (χ1) is 28.3. The predicted octanol–water partition coefficient (Wildman–Crippen LogP) is 14.8. The molecule has 0 aliphatic carbocycles. The SMILES string of the molecule is c1ccc(-c2cc(-n3c4ccccc4c4ccccc43)ccc2-c2cccc3oc4c(-c5ccc6c7ccccc7n(-c7ccccc7)c6c5)cccc4c23)cc1. The first-order valence-corrected chi connectivity index (χ1v) is 19.5. The quantitative estimate of drug-likeness (QED) is 0.173. The van der Waals surface area contributed by atoms with Crippen LogP contribution in [0.2, 0.25) is 0 Å². The second-order valence-electron chi connectivity index (χ2n) is 14.8. The van der Waals surface area contributed by atoms with Crippen LogP contribution in [0.15, 0.2) is 211 Å². The fraction of sp³-hybridized carbons (Fsp3) is 0. The van der Waals surface area contributed by atoms with E-state index in [0.29, 0.717) is 0 Å². The van der Waals surface area contributed by atoms with Crippen LogP contribution in [0.4, 0.5) is 0 Å². The molecule has 9 aromatic carbocycles. The number of hydrogen-bond acceptors (Lipinski definition) is 1. The zero-order valence-corrected chi connectivity index (χ0v) is 30.9. The Kier molecular flexibility index (Phi) is 6.93. The lowest BCUT2D eigenvalue weighted by Gasteiger charge is -2.16. The Morgan fingerprint density at radius 3 is 1.56 bits per heavy atom. The molecule has 3 aromatic heterocycles. The Balaban J connectivity index is 1.07. The lowest BCUT2D eigenvalue weighted by atomic mass is 9.91. The molecule has 0 spiro atoms. The van der Waals surface area contributed by atoms with Crippen LogP contribution in [0.25, 0.3) is 110 Å². The zero-order valence-electron chi connectivity index (χ0n) is 30.9. The van der Waals surface area contributed by atoms with Gasteiger partial charge in [-0.2, -0.15) is 0 Å². The van der Waals surface area contributed by atoms with Gasteiger partial charge in [0.15, 0.2) is 0 Å². The summed E-state index contributed by atoms with van der Waals surface area (Å²) < 4.78 is 11.7. The normalized spacial score (nSPS) is 11.9. The van der Waals surface area contributed by atoms with Crippen LogP contribution in [0.1, 0.15) is 0 Å². The van der Waals surface area contributed by atoms with Crippen LogP contribution in [0.5, 0.6) is 0 Å². The Bertz CT molecular complexity index is 3460. The third-order valence-electron chi connectivity index (χ3n) is 11.7. The molecule has 0 bridgehead atoms. The van der Waals surface area contributed by atoms with Gasteiger partial charge in [0, 0.05) is 49.3 Å². The highest BCUT2D eigenvalue weighted by Gasteiger charge is 2.21. The third-order valence-corrected chi connectivity index (χ3v) is 11.7. The molecule has 0 N–H and O–H groups in total. The van der Waals surface area contributed by atoms with E-state index in [4.69, 9.17) is 4.42 Å². The van der Waals surface area contributed by atoms with E-state index in [9.17, 15) is 0 Å². The standard InChI is InChI=1S/C54H34N2O/c1-3-15-35(16-4-1)47-34-38(56-49-26-11-7-19-41(49)42-20-8-12-27-50(42)56)30-32-40(47)45-23-14-28-52-53(45)46-24-13-22-39(54(46)57-52)36-29-31-44-43-21-9-10-25-48(43)55(51(44)33-36)37-17-5-2-6-18-37/h1-34H. The van der Waals surface area contributed by atoms with Crippen LogP contribution in [-0.2, 0) is 0 Å². The van der Waals surface area contributed by atoms with E-state index in [1.165, 1.54) is 60.3 Å². The Morgan fingerprint density at radius 2 is 0.860 bits per heavy atom. The van der Waals surface area contributed by atoms with Crippen molar-refractivity contribution in [3.8, 4) is 44.8 Å². The van der Waals surface area contributed by atoms with Gasteiger partial charge in [-0.15, -0.1) is 0 Å². The van der Waals surface area contributed by atoms with Gasteiger partial charge in [-0.25, -0.2) is 0 Å². The van der Waals surface area contributed by atoms with Crippen LogP contribution in [0, 0.1) is 0 Å². The number of fused-ring (bicyclic) bond motifs is 9. The van der Waals surface area contributed by atoms with Crippen molar-refractivity contribution >= 4 is 65.6 Å². The molecule has 0 radical (unpaired) electrons. The van der Waals surface area contributed by atoms with Gasteiger partial charge < -0.3 is 13.6 Å².